The van der Waals surface area contributed by atoms with Crippen LogP contribution in [0.15, 0.2) is 36.4 Å². The molecule has 0 heterocycles. The number of nitrogens with one attached hydrogen (secondary N) is 1. The van der Waals surface area contributed by atoms with Crippen molar-refractivity contribution in [3.8, 4) is 0 Å². The second kappa shape index (κ2) is 8.79. The van der Waals surface area contributed by atoms with E-state index in [-0.39, 0.29) is 17.8 Å². The van der Waals surface area contributed by atoms with E-state index >= 15 is 0 Å². The average molecular weight is 440 g/mol. The Labute approximate surface area is 174 Å². The number of hydrogen-bond acceptors (Lipinski definition) is 5. The number of benzene rings is 2. The van der Waals surface area contributed by atoms with Crippen LogP contribution in [0.1, 0.15) is 24.5 Å². The summed E-state index contributed by atoms with van der Waals surface area (Å²) in [4.78, 5) is 23.6. The zero-order valence-electron chi connectivity index (χ0n) is 16.5. The first-order valence-corrected chi connectivity index (χ1v) is 11.0. The fourth-order valence-electron chi connectivity index (χ4n) is 2.94. The summed E-state index contributed by atoms with van der Waals surface area (Å²) in [5, 5.41) is 14.3. The summed E-state index contributed by atoms with van der Waals surface area (Å²) >= 11 is 6.09. The molecule has 1 amide bonds. The lowest BCUT2D eigenvalue weighted by atomic mass is 10.1. The largest absolute Gasteiger partial charge is 0.324 e. The number of halogens is 1. The maximum absolute atomic E-state index is 13.0. The van der Waals surface area contributed by atoms with E-state index < -0.39 is 26.9 Å². The minimum absolute atomic E-state index is 0.0894. The number of nitrogens with zero attached hydrogens (tertiary/aromatic N) is 2. The summed E-state index contributed by atoms with van der Waals surface area (Å²) in [5.74, 6) is -0.561. The number of amides is 1. The third-order valence-electron chi connectivity index (χ3n) is 4.50. The first-order valence-electron chi connectivity index (χ1n) is 8.77. The quantitative estimate of drug-likeness (QED) is 0.517. The van der Waals surface area contributed by atoms with Gasteiger partial charge in [-0.25, -0.2) is 8.42 Å². The third-order valence-corrected chi connectivity index (χ3v) is 6.07. The van der Waals surface area contributed by atoms with Gasteiger partial charge in [-0.1, -0.05) is 30.7 Å². The van der Waals surface area contributed by atoms with Crippen molar-refractivity contribution in [3.63, 3.8) is 0 Å². The van der Waals surface area contributed by atoms with Gasteiger partial charge in [0.25, 0.3) is 5.69 Å². The molecule has 0 bridgehead atoms. The lowest BCUT2D eigenvalue weighted by Gasteiger charge is -2.31. The Balaban J connectivity index is 2.53. The first kappa shape index (κ1) is 22.6. The summed E-state index contributed by atoms with van der Waals surface area (Å²) < 4.78 is 26.1. The van der Waals surface area contributed by atoms with Crippen molar-refractivity contribution in [2.75, 3.05) is 15.9 Å². The molecule has 0 unspecified atom stereocenters. The van der Waals surface area contributed by atoms with E-state index in [0.717, 1.165) is 16.6 Å². The van der Waals surface area contributed by atoms with Gasteiger partial charge in [-0.3, -0.25) is 19.2 Å². The van der Waals surface area contributed by atoms with Crippen LogP contribution in [0.4, 0.5) is 17.1 Å². The zero-order valence-corrected chi connectivity index (χ0v) is 18.0. The third kappa shape index (κ3) is 5.04. The second-order valence-corrected chi connectivity index (χ2v) is 8.88. The number of nitro benzene ring substituents is 1. The number of aryl methyl sites for hydroxylation is 1. The van der Waals surface area contributed by atoms with E-state index in [4.69, 9.17) is 11.6 Å². The lowest BCUT2D eigenvalue weighted by Crippen LogP contribution is -2.47. The highest BCUT2D eigenvalue weighted by Crippen LogP contribution is 2.31. The predicted octanol–water partition coefficient (Wildman–Crippen LogP) is 4.05. The van der Waals surface area contributed by atoms with Crippen LogP contribution in [0.2, 0.25) is 5.02 Å². The van der Waals surface area contributed by atoms with Crippen LogP contribution in [-0.2, 0) is 14.8 Å². The van der Waals surface area contributed by atoms with Crippen LogP contribution >= 0.6 is 11.6 Å². The molecule has 156 valence electrons. The van der Waals surface area contributed by atoms with Gasteiger partial charge in [0.05, 0.1) is 16.9 Å². The molecule has 2 rings (SSSR count). The number of nitro groups is 1. The maximum atomic E-state index is 13.0. The van der Waals surface area contributed by atoms with Gasteiger partial charge in [-0.05, 0) is 43.5 Å². The van der Waals surface area contributed by atoms with Crippen molar-refractivity contribution < 1.29 is 18.1 Å². The summed E-state index contributed by atoms with van der Waals surface area (Å²) in [6.07, 6.45) is 1.12. The molecule has 0 aliphatic heterocycles. The van der Waals surface area contributed by atoms with Crippen molar-refractivity contribution in [2.45, 2.75) is 33.2 Å². The monoisotopic (exact) mass is 439 g/mol. The molecule has 2 aromatic carbocycles. The van der Waals surface area contributed by atoms with E-state index in [0.29, 0.717) is 21.8 Å². The first-order chi connectivity index (χ1) is 13.5. The molecule has 0 radical (unpaired) electrons. The number of carbonyl (C=O) groups is 1. The molecule has 1 N–H and O–H groups in total. The Bertz CT molecular complexity index is 1060. The van der Waals surface area contributed by atoms with Gasteiger partial charge in [-0.15, -0.1) is 0 Å². The fraction of sp³-hybridized carbons (Fsp3) is 0.316. The Morgan fingerprint density at radius 3 is 2.48 bits per heavy atom. The number of sulfonamides is 1. The summed E-state index contributed by atoms with van der Waals surface area (Å²) in [6.45, 7) is 5.03. The van der Waals surface area contributed by atoms with Gasteiger partial charge in [-0.2, -0.15) is 0 Å². The smallest absolute Gasteiger partial charge is 0.271 e. The topological polar surface area (TPSA) is 110 Å². The maximum Gasteiger partial charge on any atom is 0.271 e. The molecule has 29 heavy (non-hydrogen) atoms. The normalized spacial score (nSPS) is 12.3. The molecular weight excluding hydrogens is 418 g/mol. The fourth-order valence-corrected chi connectivity index (χ4v) is 4.38. The van der Waals surface area contributed by atoms with Crippen molar-refractivity contribution in [2.24, 2.45) is 0 Å². The molecular formula is C19H22ClN3O5S. The Morgan fingerprint density at radius 1 is 1.28 bits per heavy atom. The van der Waals surface area contributed by atoms with Crippen LogP contribution in [-0.4, -0.2) is 31.5 Å². The molecule has 8 nitrogen and oxygen atoms in total. The SMILES string of the molecule is CC[C@H](C(=O)Nc1cccc(Cl)c1C)N(c1cc([N+](=O)[O-])ccc1C)S(C)(=O)=O. The predicted molar refractivity (Wildman–Crippen MR) is 114 cm³/mol. The van der Waals surface area contributed by atoms with E-state index in [2.05, 4.69) is 5.32 Å². The minimum atomic E-state index is -3.93. The molecule has 1 atom stereocenters. The van der Waals surface area contributed by atoms with Crippen LogP contribution in [0, 0.1) is 24.0 Å². The number of anilines is 2. The van der Waals surface area contributed by atoms with Gasteiger partial charge in [0.1, 0.15) is 6.04 Å². The molecule has 0 saturated carbocycles. The van der Waals surface area contributed by atoms with E-state index in [1.54, 1.807) is 39.0 Å². The molecule has 0 aliphatic rings. The highest BCUT2D eigenvalue weighted by atomic mass is 35.5. The van der Waals surface area contributed by atoms with Crippen LogP contribution in [0.25, 0.3) is 0 Å². The Kier molecular flexibility index (Phi) is 6.86. The van der Waals surface area contributed by atoms with Gasteiger partial charge in [0, 0.05) is 22.8 Å². The highest BCUT2D eigenvalue weighted by molar-refractivity contribution is 7.92. The summed E-state index contributed by atoms with van der Waals surface area (Å²) in [6, 6.07) is 7.81. The molecule has 0 fully saturated rings. The van der Waals surface area contributed by atoms with Crippen LogP contribution in [0.3, 0.4) is 0 Å². The minimum Gasteiger partial charge on any atom is -0.324 e. The van der Waals surface area contributed by atoms with Crippen molar-refractivity contribution >= 4 is 44.6 Å². The molecule has 2 aromatic rings. The van der Waals surface area contributed by atoms with Crippen molar-refractivity contribution in [1.29, 1.82) is 0 Å². The van der Waals surface area contributed by atoms with E-state index in [9.17, 15) is 23.3 Å². The number of rotatable bonds is 7. The average Bonchev–Trinajstić information content (AvgIpc) is 2.63. The summed E-state index contributed by atoms with van der Waals surface area (Å²) in [5.41, 5.74) is 1.43. The molecule has 0 saturated heterocycles. The lowest BCUT2D eigenvalue weighted by molar-refractivity contribution is -0.384. The standard InChI is InChI=1S/C19H22ClN3O5S/c1-5-17(19(24)21-16-8-6-7-15(20)13(16)3)22(29(4,27)28)18-11-14(23(25)26)10-9-12(18)2/h6-11,17H,5H2,1-4H3,(H,21,24)/t17-/m1/s1. The highest BCUT2D eigenvalue weighted by Gasteiger charge is 2.33. The van der Waals surface area contributed by atoms with Crippen molar-refractivity contribution in [3.05, 3.63) is 62.7 Å². The van der Waals surface area contributed by atoms with Gasteiger partial charge >= 0.3 is 0 Å². The van der Waals surface area contributed by atoms with Gasteiger partial charge in [0.15, 0.2) is 0 Å². The van der Waals surface area contributed by atoms with Gasteiger partial charge < -0.3 is 5.32 Å². The van der Waals surface area contributed by atoms with Crippen LogP contribution < -0.4 is 9.62 Å². The molecule has 10 heteroatoms. The Hall–Kier alpha value is -2.65. The number of hydrogen-bond donors (Lipinski definition) is 1. The summed E-state index contributed by atoms with van der Waals surface area (Å²) in [7, 11) is -3.93. The second-order valence-electron chi connectivity index (χ2n) is 6.61. The number of non-ortho nitro benzene ring substituents is 1. The van der Waals surface area contributed by atoms with Crippen molar-refractivity contribution in [1.82, 2.24) is 0 Å². The van der Waals surface area contributed by atoms with E-state index in [1.807, 2.05) is 0 Å². The molecule has 0 aliphatic carbocycles. The zero-order chi connectivity index (χ0) is 21.9. The molecule has 0 spiro atoms. The van der Waals surface area contributed by atoms with Gasteiger partial charge in [0.2, 0.25) is 15.9 Å². The number of carbonyl (C=O) groups excluding carboxylic acids is 1. The van der Waals surface area contributed by atoms with E-state index in [1.165, 1.54) is 12.1 Å². The molecule has 0 aromatic heterocycles. The Morgan fingerprint density at radius 2 is 1.93 bits per heavy atom. The van der Waals surface area contributed by atoms with Crippen LogP contribution in [0.5, 0.6) is 0 Å².